The Kier molecular flexibility index (Phi) is 12.6. The Morgan fingerprint density at radius 1 is 1.04 bits per heavy atom. The molecule has 0 saturated carbocycles. The quantitative estimate of drug-likeness (QED) is 0.230. The van der Waals surface area contributed by atoms with Crippen LogP contribution in [0.15, 0.2) is 42.5 Å². The molecule has 258 valence electrons. The van der Waals surface area contributed by atoms with Crippen LogP contribution in [0.4, 0.5) is 0 Å². The predicted octanol–water partition coefficient (Wildman–Crippen LogP) is 4.27. The monoisotopic (exact) mass is 652 g/mol. The maximum absolute atomic E-state index is 13.9. The van der Waals surface area contributed by atoms with Crippen molar-refractivity contribution in [3.05, 3.63) is 53.6 Å². The number of piperidine rings is 1. The maximum Gasteiger partial charge on any atom is 0.251 e. The molecule has 2 atom stereocenters. The molecule has 2 aromatic rings. The summed E-state index contributed by atoms with van der Waals surface area (Å²) >= 11 is 0. The smallest absolute Gasteiger partial charge is 0.251 e. The van der Waals surface area contributed by atoms with Crippen LogP contribution in [0.2, 0.25) is 0 Å². The van der Waals surface area contributed by atoms with E-state index in [9.17, 15) is 19.5 Å². The summed E-state index contributed by atoms with van der Waals surface area (Å²) < 4.78 is 16.6. The van der Waals surface area contributed by atoms with Crippen LogP contribution in [-0.2, 0) is 20.9 Å². The molecule has 3 N–H and O–H groups in total. The second kappa shape index (κ2) is 16.4. The van der Waals surface area contributed by atoms with Crippen molar-refractivity contribution >= 4 is 17.7 Å². The Morgan fingerprint density at radius 2 is 1.77 bits per heavy atom. The minimum Gasteiger partial charge on any atom is -0.493 e. The molecule has 2 heterocycles. The molecule has 4 rings (SSSR count). The number of hydrogen-bond acceptors (Lipinski definition) is 8. The lowest BCUT2D eigenvalue weighted by Gasteiger charge is -2.53. The van der Waals surface area contributed by atoms with Crippen molar-refractivity contribution in [3.63, 3.8) is 0 Å². The lowest BCUT2D eigenvalue weighted by molar-refractivity contribution is -0.170. The van der Waals surface area contributed by atoms with Crippen molar-refractivity contribution in [1.29, 1.82) is 0 Å². The third-order valence-corrected chi connectivity index (χ3v) is 9.55. The van der Waals surface area contributed by atoms with Crippen LogP contribution in [0, 0.1) is 0 Å². The van der Waals surface area contributed by atoms with Gasteiger partial charge in [-0.05, 0) is 68.0 Å². The highest BCUT2D eigenvalue weighted by Crippen LogP contribution is 2.37. The van der Waals surface area contributed by atoms with Crippen molar-refractivity contribution in [2.45, 2.75) is 89.4 Å². The Bertz CT molecular complexity index is 1360. The van der Waals surface area contributed by atoms with E-state index < -0.39 is 17.2 Å². The van der Waals surface area contributed by atoms with Gasteiger partial charge in [-0.15, -0.1) is 0 Å². The molecule has 47 heavy (non-hydrogen) atoms. The normalized spacial score (nSPS) is 19.3. The van der Waals surface area contributed by atoms with Crippen LogP contribution in [0.5, 0.6) is 17.2 Å². The summed E-state index contributed by atoms with van der Waals surface area (Å²) in [5, 5.41) is 17.1. The number of ether oxygens (including phenoxy) is 3. The van der Waals surface area contributed by atoms with Crippen molar-refractivity contribution in [1.82, 2.24) is 20.4 Å². The van der Waals surface area contributed by atoms with E-state index in [1.807, 2.05) is 38.1 Å². The van der Waals surface area contributed by atoms with E-state index in [1.54, 1.807) is 30.2 Å². The van der Waals surface area contributed by atoms with Crippen LogP contribution >= 0.6 is 0 Å². The molecule has 0 aromatic heterocycles. The molecule has 2 aromatic carbocycles. The second-order valence-electron chi connectivity index (χ2n) is 12.6. The number of carbonyl (C=O) groups is 3. The van der Waals surface area contributed by atoms with E-state index >= 15 is 0 Å². The molecule has 1 spiro atoms. The van der Waals surface area contributed by atoms with Gasteiger partial charge in [-0.25, -0.2) is 0 Å². The van der Waals surface area contributed by atoms with Gasteiger partial charge in [0.05, 0.1) is 19.3 Å². The van der Waals surface area contributed by atoms with E-state index in [1.165, 1.54) is 7.11 Å². The van der Waals surface area contributed by atoms with Crippen molar-refractivity contribution < 1.29 is 33.7 Å². The number of methoxy groups -OCH3 is 2. The zero-order valence-corrected chi connectivity index (χ0v) is 28.6. The van der Waals surface area contributed by atoms with Crippen LogP contribution in [-0.4, -0.2) is 96.8 Å². The Labute approximate surface area is 278 Å². The molecule has 0 bridgehead atoms. The van der Waals surface area contributed by atoms with E-state index in [-0.39, 0.29) is 17.7 Å². The van der Waals surface area contributed by atoms with Gasteiger partial charge in [0.15, 0.2) is 11.5 Å². The molecule has 0 aliphatic carbocycles. The number of likely N-dealkylation sites (tertiary alicyclic amines) is 1. The largest absolute Gasteiger partial charge is 0.493 e. The fraction of sp³-hybridized carbons (Fsp3) is 0.583. The van der Waals surface area contributed by atoms with E-state index in [2.05, 4.69) is 22.5 Å². The number of aliphatic hydroxyl groups is 1. The Balaban J connectivity index is 1.38. The highest BCUT2D eigenvalue weighted by molar-refractivity contribution is 6.00. The number of benzene rings is 2. The molecule has 2 aliphatic heterocycles. The first kappa shape index (κ1) is 36.2. The Hall–Kier alpha value is -3.67. The van der Waals surface area contributed by atoms with E-state index in [0.717, 1.165) is 24.8 Å². The summed E-state index contributed by atoms with van der Waals surface area (Å²) in [4.78, 5) is 44.2. The van der Waals surface area contributed by atoms with Gasteiger partial charge in [-0.2, -0.15) is 0 Å². The van der Waals surface area contributed by atoms with Gasteiger partial charge in [0, 0.05) is 45.4 Å². The fourth-order valence-corrected chi connectivity index (χ4v) is 6.67. The number of unbranched alkanes of at least 4 members (excludes halogenated alkanes) is 1. The van der Waals surface area contributed by atoms with Crippen molar-refractivity contribution in [2.24, 2.45) is 0 Å². The molecule has 11 nitrogen and oxygen atoms in total. The standard InChI is InChI=1S/C36H52N4O7/c1-6-9-20-40-33(42)31(36(44,8-3)16-7-2)38-34(43)35(40)17-21-39(22-18-35)25-26-10-13-28(14-11-26)47-29-15-12-27(24-30(29)46-5)32(41)37-19-23-45-4/h10-15,24,31,44H,6-9,16-23,25H2,1-5H3,(H,37,41)(H,38,43)/t31-,36+/m0/s1. The molecule has 3 amide bonds. The summed E-state index contributed by atoms with van der Waals surface area (Å²) in [5.41, 5.74) is -0.578. The highest BCUT2D eigenvalue weighted by Gasteiger charge is 2.57. The molecule has 2 fully saturated rings. The van der Waals surface area contributed by atoms with Crippen LogP contribution in [0.25, 0.3) is 0 Å². The maximum atomic E-state index is 13.9. The Morgan fingerprint density at radius 3 is 2.38 bits per heavy atom. The van der Waals surface area contributed by atoms with Gasteiger partial charge >= 0.3 is 0 Å². The van der Waals surface area contributed by atoms with E-state index in [0.29, 0.717) is 87.8 Å². The van der Waals surface area contributed by atoms with Gasteiger partial charge in [-0.1, -0.05) is 45.7 Å². The fourth-order valence-electron chi connectivity index (χ4n) is 6.67. The third kappa shape index (κ3) is 8.25. The number of nitrogens with zero attached hydrogens (tertiary/aromatic N) is 2. The first-order valence-corrected chi connectivity index (χ1v) is 16.9. The number of hydrogen-bond donors (Lipinski definition) is 3. The first-order valence-electron chi connectivity index (χ1n) is 16.9. The molecule has 2 aliphatic rings. The molecule has 0 radical (unpaired) electrons. The lowest BCUT2D eigenvalue weighted by Crippen LogP contribution is -2.76. The van der Waals surface area contributed by atoms with E-state index in [4.69, 9.17) is 14.2 Å². The molecule has 2 saturated heterocycles. The van der Waals surface area contributed by atoms with Crippen LogP contribution < -0.4 is 20.1 Å². The number of carbonyl (C=O) groups excluding carboxylic acids is 3. The average Bonchev–Trinajstić information content (AvgIpc) is 3.08. The van der Waals surface area contributed by atoms with Gasteiger partial charge in [0.2, 0.25) is 11.8 Å². The van der Waals surface area contributed by atoms with Gasteiger partial charge in [0.25, 0.3) is 5.91 Å². The summed E-state index contributed by atoms with van der Waals surface area (Å²) in [6, 6.07) is 12.0. The van der Waals surface area contributed by atoms with Crippen LogP contribution in [0.3, 0.4) is 0 Å². The highest BCUT2D eigenvalue weighted by atomic mass is 16.5. The minimum absolute atomic E-state index is 0.141. The molecule has 0 unspecified atom stereocenters. The van der Waals surface area contributed by atoms with Crippen molar-refractivity contribution in [3.8, 4) is 17.2 Å². The molecular formula is C36H52N4O7. The predicted molar refractivity (Wildman–Crippen MR) is 180 cm³/mol. The molecular weight excluding hydrogens is 600 g/mol. The number of nitrogens with one attached hydrogen (secondary N) is 2. The number of amides is 3. The zero-order valence-electron chi connectivity index (χ0n) is 28.6. The van der Waals surface area contributed by atoms with Crippen LogP contribution in [0.1, 0.15) is 81.6 Å². The summed E-state index contributed by atoms with van der Waals surface area (Å²) in [5.74, 6) is 1.07. The molecule has 11 heteroatoms. The first-order chi connectivity index (χ1) is 22.6. The van der Waals surface area contributed by atoms with Crippen molar-refractivity contribution in [2.75, 3.05) is 47.0 Å². The minimum atomic E-state index is -1.25. The van der Waals surface area contributed by atoms with Gasteiger partial charge in [-0.3, -0.25) is 19.3 Å². The topological polar surface area (TPSA) is 130 Å². The van der Waals surface area contributed by atoms with Gasteiger partial charge in [0.1, 0.15) is 17.3 Å². The average molecular weight is 653 g/mol. The van der Waals surface area contributed by atoms with Gasteiger partial charge < -0.3 is 34.9 Å². The third-order valence-electron chi connectivity index (χ3n) is 9.55. The second-order valence-corrected chi connectivity index (χ2v) is 12.6. The number of piperazine rings is 1. The summed E-state index contributed by atoms with van der Waals surface area (Å²) in [7, 11) is 3.12. The lowest BCUT2D eigenvalue weighted by atomic mass is 9.77. The SMILES string of the molecule is CCCCN1C(=O)[C@@H]([C@@](O)(CC)CCC)NC(=O)C12CCN(Cc1ccc(Oc3ccc(C(=O)NCCOC)cc3OC)cc1)CC2. The zero-order chi connectivity index (χ0) is 34.0. The summed E-state index contributed by atoms with van der Waals surface area (Å²) in [6.07, 6.45) is 4.39. The number of rotatable bonds is 16. The summed E-state index contributed by atoms with van der Waals surface area (Å²) in [6.45, 7) is 9.32.